The zero-order valence-electron chi connectivity index (χ0n) is 15.8. The van der Waals surface area contributed by atoms with Gasteiger partial charge in [0.05, 0.1) is 22.5 Å². The van der Waals surface area contributed by atoms with E-state index in [2.05, 4.69) is 10.3 Å². The fraction of sp³-hybridized carbons (Fsp3) is 0.556. The molecule has 1 aromatic heterocycles. The number of aryl methyl sites for hydroxylation is 2. The Balaban J connectivity index is 1.75. The molecule has 148 valence electrons. The molecular formula is C18H26N4O4S. The SMILES string of the molecule is COCCNC(=O)CCc1nc2cc(S(=O)(=O)N3CCCC3)ccc2n1C. The summed E-state index contributed by atoms with van der Waals surface area (Å²) in [5, 5.41) is 2.78. The first-order chi connectivity index (χ1) is 12.9. The molecule has 3 rings (SSSR count). The van der Waals surface area contributed by atoms with Gasteiger partial charge in [-0.05, 0) is 31.0 Å². The van der Waals surface area contributed by atoms with Gasteiger partial charge in [0.15, 0.2) is 0 Å². The van der Waals surface area contributed by atoms with Gasteiger partial charge in [-0.3, -0.25) is 4.79 Å². The minimum atomic E-state index is -3.46. The number of nitrogens with one attached hydrogen (secondary N) is 1. The van der Waals surface area contributed by atoms with Gasteiger partial charge in [-0.1, -0.05) is 0 Å². The zero-order chi connectivity index (χ0) is 19.4. The highest BCUT2D eigenvalue weighted by molar-refractivity contribution is 7.89. The Labute approximate surface area is 159 Å². The molecule has 0 atom stereocenters. The highest BCUT2D eigenvalue weighted by atomic mass is 32.2. The van der Waals surface area contributed by atoms with Crippen LogP contribution in [0, 0.1) is 0 Å². The van der Waals surface area contributed by atoms with Crippen LogP contribution in [-0.2, 0) is 33.0 Å². The molecule has 0 radical (unpaired) electrons. The van der Waals surface area contributed by atoms with Crippen molar-refractivity contribution in [3.05, 3.63) is 24.0 Å². The fourth-order valence-electron chi connectivity index (χ4n) is 3.30. The van der Waals surface area contributed by atoms with E-state index in [4.69, 9.17) is 4.74 Å². The van der Waals surface area contributed by atoms with Crippen molar-refractivity contribution in [3.8, 4) is 0 Å². The van der Waals surface area contributed by atoms with E-state index in [1.54, 1.807) is 25.3 Å². The molecule has 0 aliphatic carbocycles. The molecule has 2 heterocycles. The van der Waals surface area contributed by atoms with Crippen molar-refractivity contribution in [3.63, 3.8) is 0 Å². The monoisotopic (exact) mass is 394 g/mol. The molecule has 0 saturated carbocycles. The van der Waals surface area contributed by atoms with Crippen molar-refractivity contribution in [2.45, 2.75) is 30.6 Å². The van der Waals surface area contributed by atoms with Crippen LogP contribution >= 0.6 is 0 Å². The number of hydrogen-bond donors (Lipinski definition) is 1. The third-order valence-electron chi connectivity index (χ3n) is 4.85. The molecule has 1 fully saturated rings. The minimum Gasteiger partial charge on any atom is -0.383 e. The third kappa shape index (κ3) is 4.31. The van der Waals surface area contributed by atoms with Gasteiger partial charge in [-0.25, -0.2) is 13.4 Å². The summed E-state index contributed by atoms with van der Waals surface area (Å²) >= 11 is 0. The van der Waals surface area contributed by atoms with Crippen molar-refractivity contribution >= 4 is 27.0 Å². The quantitative estimate of drug-likeness (QED) is 0.676. The van der Waals surface area contributed by atoms with E-state index in [0.717, 1.165) is 24.2 Å². The number of nitrogens with zero attached hydrogens (tertiary/aromatic N) is 3. The van der Waals surface area contributed by atoms with Gasteiger partial charge in [-0.15, -0.1) is 0 Å². The number of carbonyl (C=O) groups excluding carboxylic acids is 1. The number of benzene rings is 1. The first-order valence-electron chi connectivity index (χ1n) is 9.14. The molecule has 1 aliphatic heterocycles. The average Bonchev–Trinajstić information content (AvgIpc) is 3.29. The van der Waals surface area contributed by atoms with Crippen LogP contribution < -0.4 is 5.32 Å². The number of imidazole rings is 1. The minimum absolute atomic E-state index is 0.0589. The van der Waals surface area contributed by atoms with Crippen molar-refractivity contribution in [2.24, 2.45) is 7.05 Å². The Hall–Kier alpha value is -1.97. The lowest BCUT2D eigenvalue weighted by molar-refractivity contribution is -0.121. The third-order valence-corrected chi connectivity index (χ3v) is 6.75. The maximum atomic E-state index is 12.7. The zero-order valence-corrected chi connectivity index (χ0v) is 16.6. The van der Waals surface area contributed by atoms with Gasteiger partial charge in [-0.2, -0.15) is 4.31 Å². The number of hydrogen-bond acceptors (Lipinski definition) is 5. The van der Waals surface area contributed by atoms with Gasteiger partial charge < -0.3 is 14.6 Å². The standard InChI is InChI=1S/C18H26N4O4S/c1-21-16-6-5-14(27(24,25)22-10-3-4-11-22)13-15(16)20-17(21)7-8-18(23)19-9-12-26-2/h5-6,13H,3-4,7-12H2,1-2H3,(H,19,23). The normalized spacial score (nSPS) is 15.5. The van der Waals surface area contributed by atoms with Crippen LogP contribution in [0.2, 0.25) is 0 Å². The van der Waals surface area contributed by atoms with Gasteiger partial charge in [0, 0.05) is 46.6 Å². The number of amides is 1. The van der Waals surface area contributed by atoms with E-state index in [0.29, 0.717) is 44.6 Å². The number of ether oxygens (including phenoxy) is 1. The summed E-state index contributed by atoms with van der Waals surface area (Å²) in [7, 11) is 0.00000580. The van der Waals surface area contributed by atoms with Crippen molar-refractivity contribution in [1.82, 2.24) is 19.2 Å². The summed E-state index contributed by atoms with van der Waals surface area (Å²) < 4.78 is 33.8. The molecular weight excluding hydrogens is 368 g/mol. The predicted molar refractivity (Wildman–Crippen MR) is 102 cm³/mol. The molecule has 1 amide bonds. The molecule has 9 heteroatoms. The Morgan fingerprint density at radius 1 is 1.30 bits per heavy atom. The first-order valence-corrected chi connectivity index (χ1v) is 10.6. The maximum Gasteiger partial charge on any atom is 0.243 e. The van der Waals surface area contributed by atoms with Crippen molar-refractivity contribution < 1.29 is 17.9 Å². The van der Waals surface area contributed by atoms with Crippen LogP contribution in [0.25, 0.3) is 11.0 Å². The van der Waals surface area contributed by atoms with Gasteiger partial charge in [0.1, 0.15) is 5.82 Å². The van der Waals surface area contributed by atoms with Crippen LogP contribution in [0.3, 0.4) is 0 Å². The Bertz CT molecular complexity index is 917. The second kappa shape index (κ2) is 8.37. The summed E-state index contributed by atoms with van der Waals surface area (Å²) in [6, 6.07) is 5.05. The van der Waals surface area contributed by atoms with Crippen LogP contribution in [0.4, 0.5) is 0 Å². The van der Waals surface area contributed by atoms with E-state index in [1.807, 2.05) is 11.6 Å². The molecule has 0 bridgehead atoms. The van der Waals surface area contributed by atoms with E-state index in [-0.39, 0.29) is 10.8 Å². The molecule has 1 N–H and O–H groups in total. The highest BCUT2D eigenvalue weighted by Gasteiger charge is 2.27. The second-order valence-electron chi connectivity index (χ2n) is 6.69. The van der Waals surface area contributed by atoms with E-state index in [1.165, 1.54) is 4.31 Å². The fourth-order valence-corrected chi connectivity index (χ4v) is 4.83. The summed E-state index contributed by atoms with van der Waals surface area (Å²) in [5.74, 6) is 0.694. The number of fused-ring (bicyclic) bond motifs is 1. The molecule has 27 heavy (non-hydrogen) atoms. The molecule has 0 spiro atoms. The average molecular weight is 394 g/mol. The number of sulfonamides is 1. The van der Waals surface area contributed by atoms with Crippen LogP contribution in [0.1, 0.15) is 25.1 Å². The highest BCUT2D eigenvalue weighted by Crippen LogP contribution is 2.25. The molecule has 0 unspecified atom stereocenters. The number of aromatic nitrogens is 2. The number of carbonyl (C=O) groups is 1. The van der Waals surface area contributed by atoms with E-state index in [9.17, 15) is 13.2 Å². The van der Waals surface area contributed by atoms with E-state index >= 15 is 0 Å². The lowest BCUT2D eigenvalue weighted by atomic mass is 10.3. The van der Waals surface area contributed by atoms with Crippen LogP contribution in [0.5, 0.6) is 0 Å². The number of rotatable bonds is 8. The van der Waals surface area contributed by atoms with Gasteiger partial charge >= 0.3 is 0 Å². The topological polar surface area (TPSA) is 93.5 Å². The Morgan fingerprint density at radius 3 is 2.74 bits per heavy atom. The van der Waals surface area contributed by atoms with Crippen LogP contribution in [-0.4, -0.2) is 61.5 Å². The summed E-state index contributed by atoms with van der Waals surface area (Å²) in [6.45, 7) is 2.11. The molecule has 1 aromatic carbocycles. The maximum absolute atomic E-state index is 12.7. The van der Waals surface area contributed by atoms with Crippen molar-refractivity contribution in [1.29, 1.82) is 0 Å². The Morgan fingerprint density at radius 2 is 2.04 bits per heavy atom. The summed E-state index contributed by atoms with van der Waals surface area (Å²) in [4.78, 5) is 16.7. The summed E-state index contributed by atoms with van der Waals surface area (Å²) in [6.07, 6.45) is 2.61. The van der Waals surface area contributed by atoms with Gasteiger partial charge in [0.25, 0.3) is 0 Å². The molecule has 8 nitrogen and oxygen atoms in total. The summed E-state index contributed by atoms with van der Waals surface area (Å²) in [5.41, 5.74) is 1.48. The smallest absolute Gasteiger partial charge is 0.243 e. The first kappa shape index (κ1) is 19.8. The molecule has 1 aliphatic rings. The Kier molecular flexibility index (Phi) is 6.13. The largest absolute Gasteiger partial charge is 0.383 e. The predicted octanol–water partition coefficient (Wildman–Crippen LogP) is 1.05. The van der Waals surface area contributed by atoms with Gasteiger partial charge in [0.2, 0.25) is 15.9 Å². The second-order valence-corrected chi connectivity index (χ2v) is 8.63. The van der Waals surface area contributed by atoms with Crippen LogP contribution in [0.15, 0.2) is 23.1 Å². The van der Waals surface area contributed by atoms with Crippen molar-refractivity contribution in [2.75, 3.05) is 33.4 Å². The molecule has 2 aromatic rings. The lowest BCUT2D eigenvalue weighted by Crippen LogP contribution is -2.27. The lowest BCUT2D eigenvalue weighted by Gasteiger charge is -2.15. The number of methoxy groups -OCH3 is 1. The van der Waals surface area contributed by atoms with E-state index < -0.39 is 10.0 Å². The molecule has 1 saturated heterocycles.